The Balaban J connectivity index is 2.34. The molecule has 0 rings (SSSR count). The molecule has 0 saturated heterocycles. The van der Waals surface area contributed by atoms with E-state index >= 15 is 0 Å². The van der Waals surface area contributed by atoms with Crippen molar-refractivity contribution in [2.75, 3.05) is 12.1 Å². The lowest BCUT2D eigenvalue weighted by Crippen LogP contribution is -1.86. The number of halogens is 1. The summed E-state index contributed by atoms with van der Waals surface area (Å²) >= 11 is 3.13. The Labute approximate surface area is 46.8 Å². The second-order valence-electron chi connectivity index (χ2n) is 1.02. The Morgan fingerprint density at radius 3 is 2.50 bits per heavy atom. The Morgan fingerprint density at radius 2 is 2.33 bits per heavy atom. The first-order chi connectivity index (χ1) is 2.91. The van der Waals surface area contributed by atoms with E-state index in [9.17, 15) is 0 Å². The van der Waals surface area contributed by atoms with Crippen LogP contribution < -0.4 is 0 Å². The van der Waals surface area contributed by atoms with Crippen LogP contribution >= 0.6 is 15.9 Å². The molecule has 0 aromatic rings. The maximum Gasteiger partial charge on any atom is 0.101 e. The van der Waals surface area contributed by atoms with E-state index in [2.05, 4.69) is 22.9 Å². The van der Waals surface area contributed by atoms with Gasteiger partial charge in [0.15, 0.2) is 0 Å². The molecule has 0 aliphatic rings. The second kappa shape index (κ2) is 5.44. The van der Waals surface area contributed by atoms with Crippen molar-refractivity contribution >= 4 is 15.9 Å². The van der Waals surface area contributed by atoms with Gasteiger partial charge in [-0.15, -0.1) is 0 Å². The smallest absolute Gasteiger partial charge is 0.101 e. The molecule has 0 aliphatic heterocycles. The molecule has 0 radical (unpaired) electrons. The molecule has 6 heavy (non-hydrogen) atoms. The van der Waals surface area contributed by atoms with E-state index < -0.39 is 0 Å². The molecule has 0 N–H and O–H groups in total. The third-order valence-corrected chi connectivity index (χ3v) is 0.749. The molecule has 0 aromatic carbocycles. The van der Waals surface area contributed by atoms with Gasteiger partial charge >= 0.3 is 0 Å². The van der Waals surface area contributed by atoms with Crippen LogP contribution in [0.1, 0.15) is 13.3 Å². The zero-order valence-corrected chi connectivity index (χ0v) is 5.49. The first kappa shape index (κ1) is 6.44. The molecule has 0 aliphatic carbocycles. The van der Waals surface area contributed by atoms with Gasteiger partial charge in [-0.2, -0.15) is 0 Å². The quantitative estimate of drug-likeness (QED) is 0.443. The molecule has 0 heterocycles. The Bertz CT molecular complexity index is 19.5. The summed E-state index contributed by atoms with van der Waals surface area (Å²) in [4.78, 5) is 0. The van der Waals surface area contributed by atoms with E-state index in [0.29, 0.717) is 5.52 Å². The van der Waals surface area contributed by atoms with Crippen molar-refractivity contribution in [3.05, 3.63) is 0 Å². The fourth-order valence-corrected chi connectivity index (χ4v) is 0.428. The molecule has 2 heteroatoms. The summed E-state index contributed by atoms with van der Waals surface area (Å²) in [5.41, 5.74) is 0.668. The van der Waals surface area contributed by atoms with Crippen LogP contribution in [0.5, 0.6) is 0 Å². The molecule has 1 nitrogen and oxygen atoms in total. The maximum absolute atomic E-state index is 4.90. The normalized spacial score (nSPS) is 9.00. The van der Waals surface area contributed by atoms with Crippen LogP contribution in [0.15, 0.2) is 0 Å². The molecular weight excluding hydrogens is 144 g/mol. The second-order valence-corrected chi connectivity index (χ2v) is 1.48. The maximum atomic E-state index is 4.90. The van der Waals surface area contributed by atoms with Gasteiger partial charge in [-0.1, -0.05) is 22.9 Å². The molecule has 0 bridgehead atoms. The third kappa shape index (κ3) is 4.44. The Hall–Kier alpha value is 0.440. The fraction of sp³-hybridized carbons (Fsp3) is 1.00. The van der Waals surface area contributed by atoms with Crippen LogP contribution in [0.3, 0.4) is 0 Å². The molecule has 0 spiro atoms. The van der Waals surface area contributed by atoms with Crippen LogP contribution in [-0.4, -0.2) is 12.1 Å². The van der Waals surface area contributed by atoms with Crippen molar-refractivity contribution in [3.63, 3.8) is 0 Å². The minimum atomic E-state index is 0.668. The van der Waals surface area contributed by atoms with E-state index in [0.717, 1.165) is 13.0 Å². The molecule has 38 valence electrons. The highest BCUT2D eigenvalue weighted by Gasteiger charge is 1.73. The van der Waals surface area contributed by atoms with Crippen LogP contribution in [0, 0.1) is 0 Å². The Morgan fingerprint density at radius 1 is 1.67 bits per heavy atom. The standard InChI is InChI=1S/C4H9BrO/c1-2-3-6-4-5/h2-4H2,1H3. The topological polar surface area (TPSA) is 9.23 Å². The minimum Gasteiger partial charge on any atom is -0.370 e. The summed E-state index contributed by atoms with van der Waals surface area (Å²) in [5.74, 6) is 0. The van der Waals surface area contributed by atoms with Crippen molar-refractivity contribution in [1.82, 2.24) is 0 Å². The lowest BCUT2D eigenvalue weighted by Gasteiger charge is -1.90. The number of ether oxygens (including phenoxy) is 1. The van der Waals surface area contributed by atoms with Crippen molar-refractivity contribution in [1.29, 1.82) is 0 Å². The van der Waals surface area contributed by atoms with Crippen LogP contribution in [0.2, 0.25) is 0 Å². The highest BCUT2D eigenvalue weighted by molar-refractivity contribution is 9.09. The van der Waals surface area contributed by atoms with E-state index in [-0.39, 0.29) is 0 Å². The van der Waals surface area contributed by atoms with Gasteiger partial charge in [-0.3, -0.25) is 0 Å². The lowest BCUT2D eigenvalue weighted by atomic mass is 10.5. The molecule has 0 atom stereocenters. The van der Waals surface area contributed by atoms with Gasteiger partial charge in [0.05, 0.1) is 0 Å². The summed E-state index contributed by atoms with van der Waals surface area (Å²) in [5, 5.41) is 0. The summed E-state index contributed by atoms with van der Waals surface area (Å²) in [6.45, 7) is 2.95. The largest absolute Gasteiger partial charge is 0.370 e. The fourth-order valence-electron chi connectivity index (χ4n) is 0.199. The highest BCUT2D eigenvalue weighted by Crippen LogP contribution is 1.83. The molecule has 0 saturated carbocycles. The van der Waals surface area contributed by atoms with Gasteiger partial charge in [-0.05, 0) is 6.42 Å². The van der Waals surface area contributed by atoms with Gasteiger partial charge in [0.25, 0.3) is 0 Å². The number of alkyl halides is 1. The van der Waals surface area contributed by atoms with Crippen LogP contribution in [0.25, 0.3) is 0 Å². The first-order valence-electron chi connectivity index (χ1n) is 2.05. The van der Waals surface area contributed by atoms with E-state index in [1.165, 1.54) is 0 Å². The van der Waals surface area contributed by atoms with Crippen molar-refractivity contribution < 1.29 is 4.74 Å². The molecule has 0 aromatic heterocycles. The molecule has 0 amide bonds. The number of hydrogen-bond donors (Lipinski definition) is 0. The van der Waals surface area contributed by atoms with E-state index in [4.69, 9.17) is 4.74 Å². The first-order valence-corrected chi connectivity index (χ1v) is 3.17. The van der Waals surface area contributed by atoms with Gasteiger partial charge in [0.1, 0.15) is 5.52 Å². The average Bonchev–Trinajstić information content (AvgIpc) is 1.61. The van der Waals surface area contributed by atoms with Gasteiger partial charge in [0.2, 0.25) is 0 Å². The summed E-state index contributed by atoms with van der Waals surface area (Å²) in [6.07, 6.45) is 1.10. The number of hydrogen-bond acceptors (Lipinski definition) is 1. The van der Waals surface area contributed by atoms with Gasteiger partial charge < -0.3 is 4.74 Å². The van der Waals surface area contributed by atoms with E-state index in [1.54, 1.807) is 0 Å². The zero-order chi connectivity index (χ0) is 4.83. The van der Waals surface area contributed by atoms with Gasteiger partial charge in [-0.25, -0.2) is 0 Å². The minimum absolute atomic E-state index is 0.668. The van der Waals surface area contributed by atoms with Crippen molar-refractivity contribution in [2.45, 2.75) is 13.3 Å². The molecule has 0 unspecified atom stereocenters. The summed E-state index contributed by atoms with van der Waals surface area (Å²) in [6, 6.07) is 0. The van der Waals surface area contributed by atoms with Crippen molar-refractivity contribution in [2.24, 2.45) is 0 Å². The van der Waals surface area contributed by atoms with Crippen LogP contribution in [-0.2, 0) is 4.74 Å². The van der Waals surface area contributed by atoms with Crippen LogP contribution in [0.4, 0.5) is 0 Å². The zero-order valence-electron chi connectivity index (χ0n) is 3.91. The van der Waals surface area contributed by atoms with Gasteiger partial charge in [0, 0.05) is 6.61 Å². The van der Waals surface area contributed by atoms with Crippen molar-refractivity contribution in [3.8, 4) is 0 Å². The molecule has 0 fully saturated rings. The average molecular weight is 153 g/mol. The third-order valence-electron chi connectivity index (χ3n) is 0.426. The molecular formula is C4H9BrO. The summed E-state index contributed by atoms with van der Waals surface area (Å²) < 4.78 is 4.90. The predicted molar refractivity (Wildman–Crippen MR) is 30.0 cm³/mol. The number of rotatable bonds is 3. The lowest BCUT2D eigenvalue weighted by molar-refractivity contribution is 0.187. The predicted octanol–water partition coefficient (Wildman–Crippen LogP) is 1.77. The SMILES string of the molecule is CCCOCBr. The monoisotopic (exact) mass is 152 g/mol. The highest BCUT2D eigenvalue weighted by atomic mass is 79.9. The summed E-state index contributed by atoms with van der Waals surface area (Å²) in [7, 11) is 0. The van der Waals surface area contributed by atoms with E-state index in [1.807, 2.05) is 0 Å². The Kier molecular flexibility index (Phi) is 5.84.